The van der Waals surface area contributed by atoms with Crippen LogP contribution < -0.4 is 5.32 Å². The maximum Gasteiger partial charge on any atom is 0.418 e. The standard InChI is InChI=1S/C19H22F3N5O2S/c1-26(11-16(28)23-14-8-5-4-7-13(14)19(20,21)22)17(29)12-30-18-25-24-15-9-3-2-6-10-27(15)18/h4-5,7-8H,2-3,6,9-12H2,1H3,(H,23,28). The Morgan fingerprint density at radius 3 is 2.73 bits per heavy atom. The van der Waals surface area contributed by atoms with E-state index in [1.165, 1.54) is 41.9 Å². The van der Waals surface area contributed by atoms with Gasteiger partial charge in [0.2, 0.25) is 11.8 Å². The molecule has 0 radical (unpaired) electrons. The molecule has 1 aliphatic rings. The molecule has 0 fully saturated rings. The molecule has 0 spiro atoms. The number of nitrogens with one attached hydrogen (secondary N) is 1. The second-order valence-corrected chi connectivity index (χ2v) is 7.93. The van der Waals surface area contributed by atoms with Gasteiger partial charge in [-0.2, -0.15) is 13.2 Å². The molecule has 0 atom stereocenters. The molecule has 0 aliphatic carbocycles. The van der Waals surface area contributed by atoms with E-state index in [1.807, 2.05) is 4.57 Å². The Labute approximate surface area is 176 Å². The minimum atomic E-state index is -4.58. The van der Waals surface area contributed by atoms with Gasteiger partial charge in [0, 0.05) is 20.0 Å². The van der Waals surface area contributed by atoms with Gasteiger partial charge < -0.3 is 14.8 Å². The van der Waals surface area contributed by atoms with Crippen LogP contribution in [0.3, 0.4) is 0 Å². The second-order valence-electron chi connectivity index (χ2n) is 6.99. The summed E-state index contributed by atoms with van der Waals surface area (Å²) in [5, 5.41) is 11.2. The summed E-state index contributed by atoms with van der Waals surface area (Å²) in [4.78, 5) is 25.7. The summed E-state index contributed by atoms with van der Waals surface area (Å²) in [5.74, 6) is -0.0613. The van der Waals surface area contributed by atoms with Crippen molar-refractivity contribution in [3.8, 4) is 0 Å². The second kappa shape index (κ2) is 9.50. The number of carbonyl (C=O) groups is 2. The average molecular weight is 441 g/mol. The van der Waals surface area contributed by atoms with Gasteiger partial charge >= 0.3 is 6.18 Å². The molecule has 11 heteroatoms. The van der Waals surface area contributed by atoms with Gasteiger partial charge in [0.05, 0.1) is 23.5 Å². The topological polar surface area (TPSA) is 80.1 Å². The Balaban J connectivity index is 1.54. The van der Waals surface area contributed by atoms with Gasteiger partial charge in [0.15, 0.2) is 5.16 Å². The third-order valence-electron chi connectivity index (χ3n) is 4.71. The van der Waals surface area contributed by atoms with Crippen LogP contribution in [0, 0.1) is 0 Å². The van der Waals surface area contributed by atoms with Crippen molar-refractivity contribution in [1.82, 2.24) is 19.7 Å². The Morgan fingerprint density at radius 1 is 1.20 bits per heavy atom. The predicted molar refractivity (Wildman–Crippen MR) is 106 cm³/mol. The number of hydrogen-bond donors (Lipinski definition) is 1. The van der Waals surface area contributed by atoms with Crippen molar-refractivity contribution < 1.29 is 22.8 Å². The first-order chi connectivity index (χ1) is 14.3. The fourth-order valence-corrected chi connectivity index (χ4v) is 4.06. The van der Waals surface area contributed by atoms with Gasteiger partial charge in [-0.3, -0.25) is 9.59 Å². The Morgan fingerprint density at radius 2 is 1.97 bits per heavy atom. The molecule has 162 valence electrons. The molecule has 0 saturated heterocycles. The number of thioether (sulfide) groups is 1. The minimum Gasteiger partial charge on any atom is -0.336 e. The number of carbonyl (C=O) groups excluding carboxylic acids is 2. The van der Waals surface area contributed by atoms with Gasteiger partial charge in [-0.25, -0.2) is 0 Å². The van der Waals surface area contributed by atoms with Gasteiger partial charge in [0.25, 0.3) is 0 Å². The maximum absolute atomic E-state index is 13.0. The van der Waals surface area contributed by atoms with Crippen molar-refractivity contribution in [2.75, 3.05) is 24.7 Å². The highest BCUT2D eigenvalue weighted by molar-refractivity contribution is 7.99. The summed E-state index contributed by atoms with van der Waals surface area (Å²) >= 11 is 1.24. The number of alkyl halides is 3. The molecule has 0 bridgehead atoms. The summed E-state index contributed by atoms with van der Waals surface area (Å²) in [5.41, 5.74) is -1.27. The molecule has 1 N–H and O–H groups in total. The molecule has 2 heterocycles. The number of para-hydroxylation sites is 1. The SMILES string of the molecule is CN(CC(=O)Nc1ccccc1C(F)(F)F)C(=O)CSc1nnc2n1CCCCC2. The zero-order chi connectivity index (χ0) is 21.7. The first-order valence-corrected chi connectivity index (χ1v) is 10.5. The van der Waals surface area contributed by atoms with Crippen LogP contribution in [-0.2, 0) is 28.7 Å². The zero-order valence-corrected chi connectivity index (χ0v) is 17.2. The first kappa shape index (κ1) is 22.1. The van der Waals surface area contributed by atoms with Crippen LogP contribution in [-0.4, -0.2) is 50.8 Å². The minimum absolute atomic E-state index is 0.0566. The molecular formula is C19H22F3N5O2S. The van der Waals surface area contributed by atoms with Gasteiger partial charge in [0.1, 0.15) is 5.82 Å². The number of hydrogen-bond acceptors (Lipinski definition) is 5. The van der Waals surface area contributed by atoms with Crippen molar-refractivity contribution in [1.29, 1.82) is 0 Å². The number of benzene rings is 1. The Kier molecular flexibility index (Phi) is 7.01. The summed E-state index contributed by atoms with van der Waals surface area (Å²) < 4.78 is 41.1. The van der Waals surface area contributed by atoms with Gasteiger partial charge in [-0.1, -0.05) is 30.3 Å². The molecule has 0 saturated carbocycles. The monoisotopic (exact) mass is 441 g/mol. The number of rotatable bonds is 6. The largest absolute Gasteiger partial charge is 0.418 e. The van der Waals surface area contributed by atoms with E-state index in [-0.39, 0.29) is 23.9 Å². The van der Waals surface area contributed by atoms with E-state index in [9.17, 15) is 22.8 Å². The molecule has 1 aromatic carbocycles. The lowest BCUT2D eigenvalue weighted by Gasteiger charge is -2.18. The van der Waals surface area contributed by atoms with Crippen molar-refractivity contribution in [3.05, 3.63) is 35.7 Å². The fraction of sp³-hybridized carbons (Fsp3) is 0.474. The molecule has 1 aliphatic heterocycles. The summed E-state index contributed by atoms with van der Waals surface area (Å²) in [6.45, 7) is 0.458. The van der Waals surface area contributed by atoms with Crippen molar-refractivity contribution in [2.45, 2.75) is 43.6 Å². The number of likely N-dealkylation sites (N-methyl/N-ethyl adjacent to an activating group) is 1. The van der Waals surface area contributed by atoms with Gasteiger partial charge in [-0.05, 0) is 25.0 Å². The molecule has 1 aromatic heterocycles. The summed E-state index contributed by atoms with van der Waals surface area (Å²) in [6.07, 6.45) is -0.496. The van der Waals surface area contributed by atoms with E-state index in [0.717, 1.165) is 44.1 Å². The van der Waals surface area contributed by atoms with Crippen LogP contribution in [0.4, 0.5) is 18.9 Å². The molecule has 3 rings (SSSR count). The number of nitrogens with zero attached hydrogens (tertiary/aromatic N) is 4. The van der Waals surface area contributed by atoms with Crippen molar-refractivity contribution >= 4 is 29.3 Å². The fourth-order valence-electron chi connectivity index (χ4n) is 3.13. The van der Waals surface area contributed by atoms with Gasteiger partial charge in [-0.15, -0.1) is 10.2 Å². The lowest BCUT2D eigenvalue weighted by atomic mass is 10.1. The molecule has 30 heavy (non-hydrogen) atoms. The first-order valence-electron chi connectivity index (χ1n) is 9.50. The lowest BCUT2D eigenvalue weighted by Crippen LogP contribution is -2.36. The van der Waals surface area contributed by atoms with E-state index in [2.05, 4.69) is 15.5 Å². The van der Waals surface area contributed by atoms with Crippen LogP contribution in [0.25, 0.3) is 0 Å². The highest BCUT2D eigenvalue weighted by Crippen LogP contribution is 2.34. The normalized spacial score (nSPS) is 14.0. The van der Waals surface area contributed by atoms with E-state index < -0.39 is 17.6 Å². The van der Waals surface area contributed by atoms with Crippen LogP contribution in [0.15, 0.2) is 29.4 Å². The quantitative estimate of drug-likeness (QED) is 0.697. The number of anilines is 1. The Bertz CT molecular complexity index is 916. The number of amides is 2. The number of aryl methyl sites for hydroxylation is 1. The number of halogens is 3. The van der Waals surface area contributed by atoms with Crippen LogP contribution in [0.5, 0.6) is 0 Å². The molecule has 2 amide bonds. The predicted octanol–water partition coefficient (Wildman–Crippen LogP) is 3.21. The maximum atomic E-state index is 13.0. The lowest BCUT2D eigenvalue weighted by molar-refractivity contribution is -0.137. The van der Waals surface area contributed by atoms with Crippen molar-refractivity contribution in [3.63, 3.8) is 0 Å². The third kappa shape index (κ3) is 5.53. The molecular weight excluding hydrogens is 419 g/mol. The van der Waals surface area contributed by atoms with E-state index in [4.69, 9.17) is 0 Å². The number of fused-ring (bicyclic) bond motifs is 1. The smallest absolute Gasteiger partial charge is 0.336 e. The van der Waals surface area contributed by atoms with Crippen LogP contribution >= 0.6 is 11.8 Å². The Hall–Kier alpha value is -2.56. The van der Waals surface area contributed by atoms with Crippen LogP contribution in [0.1, 0.15) is 30.7 Å². The third-order valence-corrected chi connectivity index (χ3v) is 5.66. The molecule has 2 aromatic rings. The van der Waals surface area contributed by atoms with E-state index in [1.54, 1.807) is 0 Å². The van der Waals surface area contributed by atoms with E-state index >= 15 is 0 Å². The zero-order valence-electron chi connectivity index (χ0n) is 16.4. The molecule has 7 nitrogen and oxygen atoms in total. The summed E-state index contributed by atoms with van der Waals surface area (Å²) in [7, 11) is 1.43. The summed E-state index contributed by atoms with van der Waals surface area (Å²) in [6, 6.07) is 4.71. The highest BCUT2D eigenvalue weighted by Gasteiger charge is 2.33. The average Bonchev–Trinajstić information content (AvgIpc) is 2.91. The number of aromatic nitrogens is 3. The molecule has 0 unspecified atom stereocenters. The van der Waals surface area contributed by atoms with E-state index in [0.29, 0.717) is 5.16 Å². The highest BCUT2D eigenvalue weighted by atomic mass is 32.2. The van der Waals surface area contributed by atoms with Crippen LogP contribution in [0.2, 0.25) is 0 Å². The van der Waals surface area contributed by atoms with Crippen molar-refractivity contribution in [2.24, 2.45) is 0 Å².